The third-order valence-electron chi connectivity index (χ3n) is 4.23. The summed E-state index contributed by atoms with van der Waals surface area (Å²) >= 11 is 6.61. The number of halogens is 1. The summed E-state index contributed by atoms with van der Waals surface area (Å²) in [6.07, 6.45) is 4.34. The van der Waals surface area contributed by atoms with Crippen molar-refractivity contribution in [1.82, 2.24) is 0 Å². The summed E-state index contributed by atoms with van der Waals surface area (Å²) in [5.74, 6) is 0. The van der Waals surface area contributed by atoms with Gasteiger partial charge < -0.3 is 0 Å². The van der Waals surface area contributed by atoms with Gasteiger partial charge in [0.25, 0.3) is 0 Å². The Morgan fingerprint density at radius 2 is 1.57 bits per heavy atom. The van der Waals surface area contributed by atoms with Crippen molar-refractivity contribution in [2.24, 2.45) is 0 Å². The molecule has 1 aliphatic rings. The van der Waals surface area contributed by atoms with Gasteiger partial charge in [-0.25, -0.2) is 0 Å². The van der Waals surface area contributed by atoms with E-state index in [1.807, 2.05) is 24.3 Å². The van der Waals surface area contributed by atoms with Crippen LogP contribution in [0.4, 0.5) is 0 Å². The highest BCUT2D eigenvalue weighted by Gasteiger charge is 2.16. The van der Waals surface area contributed by atoms with Crippen molar-refractivity contribution in [3.05, 3.63) is 82.9 Å². The maximum absolute atomic E-state index is 6.61. The van der Waals surface area contributed by atoms with Gasteiger partial charge in [0.2, 0.25) is 0 Å². The van der Waals surface area contributed by atoms with Crippen LogP contribution in [0.1, 0.15) is 22.3 Å². The van der Waals surface area contributed by atoms with Crippen LogP contribution >= 0.6 is 11.6 Å². The van der Waals surface area contributed by atoms with Gasteiger partial charge in [0, 0.05) is 10.6 Å². The van der Waals surface area contributed by atoms with Crippen LogP contribution in [0.2, 0.25) is 0 Å². The van der Waals surface area contributed by atoms with Crippen molar-refractivity contribution in [2.45, 2.75) is 12.8 Å². The minimum Gasteiger partial charge on any atom is -0.0836 e. The van der Waals surface area contributed by atoms with Gasteiger partial charge >= 0.3 is 0 Å². The predicted molar refractivity (Wildman–Crippen MR) is 91.5 cm³/mol. The molecule has 0 atom stereocenters. The SMILES string of the molecule is Cl/C(=C\c1ccccc1)c1ccc2c3c(cccc13)CC2. The van der Waals surface area contributed by atoms with E-state index in [2.05, 4.69) is 42.5 Å². The highest BCUT2D eigenvalue weighted by Crippen LogP contribution is 2.36. The fraction of sp³-hybridized carbons (Fsp3) is 0.100. The average Bonchev–Trinajstić information content (AvgIpc) is 2.94. The third kappa shape index (κ3) is 2.16. The summed E-state index contributed by atoms with van der Waals surface area (Å²) in [5, 5.41) is 3.49. The van der Waals surface area contributed by atoms with Crippen LogP contribution < -0.4 is 0 Å². The third-order valence-corrected chi connectivity index (χ3v) is 4.54. The maximum atomic E-state index is 6.61. The molecule has 0 nitrogen and oxygen atoms in total. The normalized spacial score (nSPS) is 13.9. The van der Waals surface area contributed by atoms with Crippen LogP contribution in [0.25, 0.3) is 21.9 Å². The largest absolute Gasteiger partial charge is 0.0836 e. The molecule has 0 aromatic heterocycles. The summed E-state index contributed by atoms with van der Waals surface area (Å²) in [4.78, 5) is 0. The Bertz CT molecular complexity index is 834. The smallest absolute Gasteiger partial charge is 0.0490 e. The number of rotatable bonds is 2. The fourth-order valence-corrected chi connectivity index (χ4v) is 3.52. The van der Waals surface area contributed by atoms with Gasteiger partial charge in [-0.1, -0.05) is 72.3 Å². The first-order valence-electron chi connectivity index (χ1n) is 7.29. The molecule has 3 aromatic carbocycles. The summed E-state index contributed by atoms with van der Waals surface area (Å²) in [7, 11) is 0. The van der Waals surface area contributed by atoms with E-state index in [0.717, 1.165) is 29.0 Å². The summed E-state index contributed by atoms with van der Waals surface area (Å²) in [5.41, 5.74) is 5.16. The van der Waals surface area contributed by atoms with E-state index >= 15 is 0 Å². The zero-order valence-corrected chi connectivity index (χ0v) is 12.4. The molecule has 0 saturated heterocycles. The molecule has 0 fully saturated rings. The van der Waals surface area contributed by atoms with Crippen LogP contribution in [0.5, 0.6) is 0 Å². The molecule has 0 radical (unpaired) electrons. The molecule has 3 aromatic rings. The fourth-order valence-electron chi connectivity index (χ4n) is 3.23. The lowest BCUT2D eigenvalue weighted by molar-refractivity contribution is 1.02. The van der Waals surface area contributed by atoms with Crippen LogP contribution in [0.15, 0.2) is 60.7 Å². The van der Waals surface area contributed by atoms with E-state index in [1.165, 1.54) is 21.9 Å². The van der Waals surface area contributed by atoms with Crippen molar-refractivity contribution >= 4 is 33.5 Å². The van der Waals surface area contributed by atoms with Gasteiger partial charge in [0.05, 0.1) is 0 Å². The quantitative estimate of drug-likeness (QED) is 0.533. The molecule has 4 rings (SSSR count). The second-order valence-corrected chi connectivity index (χ2v) is 5.92. The molecule has 1 heteroatoms. The topological polar surface area (TPSA) is 0 Å². The lowest BCUT2D eigenvalue weighted by Gasteiger charge is -2.08. The van der Waals surface area contributed by atoms with Crippen LogP contribution in [-0.4, -0.2) is 0 Å². The molecule has 21 heavy (non-hydrogen) atoms. The van der Waals surface area contributed by atoms with Crippen molar-refractivity contribution < 1.29 is 0 Å². The Morgan fingerprint density at radius 3 is 2.38 bits per heavy atom. The molecule has 0 heterocycles. The molecule has 0 bridgehead atoms. The molecule has 0 unspecified atom stereocenters. The van der Waals surface area contributed by atoms with Crippen molar-refractivity contribution in [3.8, 4) is 0 Å². The molecule has 0 saturated carbocycles. The van der Waals surface area contributed by atoms with Gasteiger partial charge in [-0.15, -0.1) is 0 Å². The van der Waals surface area contributed by atoms with E-state index in [9.17, 15) is 0 Å². The minimum absolute atomic E-state index is 0.803. The average molecular weight is 291 g/mol. The molecule has 102 valence electrons. The van der Waals surface area contributed by atoms with Crippen LogP contribution in [0, 0.1) is 0 Å². The summed E-state index contributed by atoms with van der Waals surface area (Å²) < 4.78 is 0. The van der Waals surface area contributed by atoms with Gasteiger partial charge in [0.15, 0.2) is 0 Å². The molecule has 0 spiro atoms. The Balaban J connectivity index is 1.90. The van der Waals surface area contributed by atoms with Gasteiger partial charge in [0.1, 0.15) is 0 Å². The molecular formula is C20H15Cl. The standard InChI is InChI=1S/C20H15Cl/c21-19(13-14-5-2-1-3-6-14)17-12-11-16-10-9-15-7-4-8-18(17)20(15)16/h1-8,11-13H,9-10H2/b19-13-. The summed E-state index contributed by atoms with van der Waals surface area (Å²) in [6, 6.07) is 21.2. The molecule has 0 amide bonds. The highest BCUT2D eigenvalue weighted by atomic mass is 35.5. The number of hydrogen-bond acceptors (Lipinski definition) is 0. The molecule has 0 N–H and O–H groups in total. The Hall–Kier alpha value is -2.05. The Labute approximate surface area is 129 Å². The van der Waals surface area contributed by atoms with Gasteiger partial charge in [-0.2, -0.15) is 0 Å². The molecule has 0 aliphatic heterocycles. The van der Waals surface area contributed by atoms with E-state index in [0.29, 0.717) is 0 Å². The van der Waals surface area contributed by atoms with Crippen LogP contribution in [-0.2, 0) is 12.8 Å². The monoisotopic (exact) mass is 290 g/mol. The van der Waals surface area contributed by atoms with Crippen molar-refractivity contribution in [1.29, 1.82) is 0 Å². The maximum Gasteiger partial charge on any atom is 0.0490 e. The zero-order valence-electron chi connectivity index (χ0n) is 11.6. The summed E-state index contributed by atoms with van der Waals surface area (Å²) in [6.45, 7) is 0. The molecule has 1 aliphatic carbocycles. The highest BCUT2D eigenvalue weighted by molar-refractivity contribution is 6.52. The van der Waals surface area contributed by atoms with E-state index in [4.69, 9.17) is 11.6 Å². The lowest BCUT2D eigenvalue weighted by Crippen LogP contribution is -1.85. The number of benzene rings is 3. The van der Waals surface area contributed by atoms with E-state index in [1.54, 1.807) is 0 Å². The minimum atomic E-state index is 0.803. The first kappa shape index (κ1) is 12.7. The van der Waals surface area contributed by atoms with Crippen molar-refractivity contribution in [3.63, 3.8) is 0 Å². The van der Waals surface area contributed by atoms with Gasteiger partial charge in [-0.3, -0.25) is 0 Å². The number of aryl methyl sites for hydroxylation is 2. The first-order valence-corrected chi connectivity index (χ1v) is 7.67. The lowest BCUT2D eigenvalue weighted by atomic mass is 9.99. The van der Waals surface area contributed by atoms with E-state index in [-0.39, 0.29) is 0 Å². The number of hydrogen-bond donors (Lipinski definition) is 0. The second-order valence-electron chi connectivity index (χ2n) is 5.51. The van der Waals surface area contributed by atoms with Crippen LogP contribution in [0.3, 0.4) is 0 Å². The molecular weight excluding hydrogens is 276 g/mol. The van der Waals surface area contributed by atoms with Crippen molar-refractivity contribution in [2.75, 3.05) is 0 Å². The predicted octanol–water partition coefficient (Wildman–Crippen LogP) is 5.68. The van der Waals surface area contributed by atoms with E-state index < -0.39 is 0 Å². The first-order chi connectivity index (χ1) is 10.3. The zero-order chi connectivity index (χ0) is 14.2. The Morgan fingerprint density at radius 1 is 0.810 bits per heavy atom. The second kappa shape index (κ2) is 5.05. The Kier molecular flexibility index (Phi) is 3.05. The van der Waals surface area contributed by atoms with Gasteiger partial charge in [-0.05, 0) is 46.4 Å².